The zero-order valence-corrected chi connectivity index (χ0v) is 24.4. The number of hydrogen-bond donors (Lipinski definition) is 5. The summed E-state index contributed by atoms with van der Waals surface area (Å²) in [7, 11) is 0. The van der Waals surface area contributed by atoms with E-state index in [1.807, 2.05) is 0 Å². The summed E-state index contributed by atoms with van der Waals surface area (Å²) in [6.07, 6.45) is -3.13. The molecule has 3 aromatic carbocycles. The highest BCUT2D eigenvalue weighted by Crippen LogP contribution is 2.50. The molecule has 1 aliphatic carbocycles. The van der Waals surface area contributed by atoms with Crippen LogP contribution in [0.25, 0.3) is 10.1 Å². The number of para-hydroxylation sites is 2. The largest absolute Gasteiger partial charge is 0.573 e. The van der Waals surface area contributed by atoms with Crippen LogP contribution in [0.15, 0.2) is 54.6 Å². The molecule has 6 rings (SSSR count). The Labute approximate surface area is 254 Å². The molecule has 0 radical (unpaired) electrons. The number of thiophene rings is 1. The molecule has 4 aromatic rings. The quantitative estimate of drug-likeness (QED) is 0.192. The van der Waals surface area contributed by atoms with E-state index in [1.165, 1.54) is 35.6 Å². The van der Waals surface area contributed by atoms with Crippen LogP contribution >= 0.6 is 11.3 Å². The van der Waals surface area contributed by atoms with Crippen LogP contribution in [0.5, 0.6) is 17.2 Å². The lowest BCUT2D eigenvalue weighted by Gasteiger charge is -2.37. The number of rotatable bonds is 6. The van der Waals surface area contributed by atoms with E-state index < -0.39 is 29.5 Å². The Morgan fingerprint density at radius 3 is 2.52 bits per heavy atom. The molecule has 1 fully saturated rings. The minimum absolute atomic E-state index is 0.0510. The van der Waals surface area contributed by atoms with Gasteiger partial charge in [0.1, 0.15) is 11.3 Å². The van der Waals surface area contributed by atoms with Crippen LogP contribution in [0.2, 0.25) is 0 Å². The number of ether oxygens (including phenoxy) is 2. The third kappa shape index (κ3) is 5.15. The highest BCUT2D eigenvalue weighted by molar-refractivity contribution is 7.21. The lowest BCUT2D eigenvalue weighted by molar-refractivity contribution is -0.275. The number of alkyl halides is 3. The van der Waals surface area contributed by atoms with Gasteiger partial charge in [-0.25, -0.2) is 0 Å². The minimum atomic E-state index is -4.90. The molecule has 1 aromatic heterocycles. The summed E-state index contributed by atoms with van der Waals surface area (Å²) in [5.41, 5.74) is 20.5. The molecule has 3 unspecified atom stereocenters. The maximum absolute atomic E-state index is 14.1. The molecule has 230 valence electrons. The van der Waals surface area contributed by atoms with Crippen LogP contribution in [0, 0.1) is 6.92 Å². The number of nitrogens with two attached hydrogens (primary N) is 3. The topological polar surface area (TPSA) is 155 Å². The number of benzene rings is 3. The van der Waals surface area contributed by atoms with Crippen molar-refractivity contribution in [3.05, 3.63) is 81.7 Å². The molecule has 0 saturated carbocycles. The standard InChI is InChI=1S/C31H30F3N5O4S/c1-15-13-17(42-21-6-2-3-7-22(21)43-31(32,33)34)8-9-18(15)30(37)19-10-11-20(35)26-23(19)24(25(36)28(30)40)27(44-26)29(41)39-16-5-4-12-38-14-16/h2-3,6-11,13,16,25,38H,4-5,12,14,35-37H2,1H3,(H,39,41). The summed E-state index contributed by atoms with van der Waals surface area (Å²) in [6, 6.07) is 12.1. The summed E-state index contributed by atoms with van der Waals surface area (Å²) in [6.45, 7) is 3.25. The van der Waals surface area contributed by atoms with Crippen molar-refractivity contribution < 1.29 is 32.2 Å². The smallest absolute Gasteiger partial charge is 0.453 e. The molecule has 3 atom stereocenters. The number of halogens is 3. The zero-order valence-electron chi connectivity index (χ0n) is 23.6. The van der Waals surface area contributed by atoms with Crippen LogP contribution in [0.1, 0.15) is 50.8 Å². The zero-order chi connectivity index (χ0) is 31.4. The summed E-state index contributed by atoms with van der Waals surface area (Å²) in [4.78, 5) is 27.9. The fraction of sp³-hybridized carbons (Fsp3) is 0.290. The van der Waals surface area contributed by atoms with E-state index in [4.69, 9.17) is 21.9 Å². The van der Waals surface area contributed by atoms with Crippen molar-refractivity contribution in [2.75, 3.05) is 18.8 Å². The third-order valence-electron chi connectivity index (χ3n) is 8.08. The SMILES string of the molecule is Cc1cc(Oc2ccccc2OC(F)(F)F)ccc1C1(N)C(=O)C(N)c2c(C(=O)NC3CCCNC3)sc3c(N)ccc1c23. The fourth-order valence-corrected chi connectivity index (χ4v) is 7.27. The van der Waals surface area contributed by atoms with Gasteiger partial charge < -0.3 is 37.3 Å². The predicted molar refractivity (Wildman–Crippen MR) is 161 cm³/mol. The van der Waals surface area contributed by atoms with E-state index in [0.29, 0.717) is 49.4 Å². The first-order valence-corrected chi connectivity index (χ1v) is 14.8. The predicted octanol–water partition coefficient (Wildman–Crippen LogP) is 4.75. The van der Waals surface area contributed by atoms with Crippen LogP contribution in [-0.2, 0) is 10.3 Å². The number of carbonyl (C=O) groups is 2. The third-order valence-corrected chi connectivity index (χ3v) is 9.33. The van der Waals surface area contributed by atoms with E-state index >= 15 is 0 Å². The number of aryl methyl sites for hydroxylation is 1. The van der Waals surface area contributed by atoms with Gasteiger partial charge in [-0.2, -0.15) is 0 Å². The first-order chi connectivity index (χ1) is 20.9. The molecule has 0 bridgehead atoms. The van der Waals surface area contributed by atoms with Gasteiger partial charge in [0.2, 0.25) is 0 Å². The molecule has 2 heterocycles. The second kappa shape index (κ2) is 11.1. The van der Waals surface area contributed by atoms with E-state index in [2.05, 4.69) is 15.4 Å². The average Bonchev–Trinajstić information content (AvgIpc) is 3.38. The van der Waals surface area contributed by atoms with Crippen molar-refractivity contribution in [2.24, 2.45) is 11.5 Å². The second-order valence-corrected chi connectivity index (χ2v) is 12.0. The summed E-state index contributed by atoms with van der Waals surface area (Å²) >= 11 is 1.18. The van der Waals surface area contributed by atoms with E-state index in [-0.39, 0.29) is 23.4 Å². The number of hydrogen-bond acceptors (Lipinski definition) is 9. The molecule has 44 heavy (non-hydrogen) atoms. The Kier molecular flexibility index (Phi) is 7.52. The lowest BCUT2D eigenvalue weighted by atomic mass is 9.69. The Bertz CT molecular complexity index is 1790. The molecule has 13 heteroatoms. The molecular weight excluding hydrogens is 595 g/mol. The van der Waals surface area contributed by atoms with Crippen molar-refractivity contribution in [2.45, 2.75) is 43.8 Å². The second-order valence-electron chi connectivity index (χ2n) is 11.0. The normalized spacial score (nSPS) is 21.7. The monoisotopic (exact) mass is 625 g/mol. The van der Waals surface area contributed by atoms with Gasteiger partial charge in [-0.1, -0.05) is 24.3 Å². The van der Waals surface area contributed by atoms with Gasteiger partial charge in [0, 0.05) is 29.2 Å². The van der Waals surface area contributed by atoms with Crippen LogP contribution < -0.4 is 37.3 Å². The number of nitrogens with one attached hydrogen (secondary N) is 2. The molecule has 2 aliphatic rings. The molecule has 8 N–H and O–H groups in total. The minimum Gasteiger partial charge on any atom is -0.453 e. The van der Waals surface area contributed by atoms with Crippen molar-refractivity contribution in [3.63, 3.8) is 0 Å². The van der Waals surface area contributed by atoms with E-state index in [9.17, 15) is 22.8 Å². The van der Waals surface area contributed by atoms with E-state index in [1.54, 1.807) is 31.2 Å². The van der Waals surface area contributed by atoms with Gasteiger partial charge in [0.05, 0.1) is 15.6 Å². The maximum atomic E-state index is 14.1. The van der Waals surface area contributed by atoms with Crippen molar-refractivity contribution in [1.82, 2.24) is 10.6 Å². The van der Waals surface area contributed by atoms with Crippen LogP contribution in [-0.4, -0.2) is 37.2 Å². The van der Waals surface area contributed by atoms with Gasteiger partial charge in [-0.3, -0.25) is 9.59 Å². The Hall–Kier alpha value is -4.17. The maximum Gasteiger partial charge on any atom is 0.573 e. The molecule has 1 aliphatic heterocycles. The number of ketones is 1. The summed E-state index contributed by atoms with van der Waals surface area (Å²) < 4.78 is 49.2. The molecule has 9 nitrogen and oxygen atoms in total. The number of carbonyl (C=O) groups excluding carboxylic acids is 2. The first-order valence-electron chi connectivity index (χ1n) is 14.0. The van der Waals surface area contributed by atoms with Crippen molar-refractivity contribution >= 4 is 38.8 Å². The molecular formula is C31H30F3N5O4S. The average molecular weight is 626 g/mol. The Balaban J connectivity index is 1.40. The van der Waals surface area contributed by atoms with Gasteiger partial charge in [-0.15, -0.1) is 24.5 Å². The number of nitrogen functional groups attached to an aromatic ring is 1. The fourth-order valence-electron chi connectivity index (χ4n) is 6.07. The molecule has 1 amide bonds. The van der Waals surface area contributed by atoms with Gasteiger partial charge in [0.25, 0.3) is 5.91 Å². The number of piperidine rings is 1. The number of amides is 1. The van der Waals surface area contributed by atoms with Crippen molar-refractivity contribution in [3.8, 4) is 17.2 Å². The lowest BCUT2D eigenvalue weighted by Crippen LogP contribution is -2.53. The highest BCUT2D eigenvalue weighted by Gasteiger charge is 2.49. The van der Waals surface area contributed by atoms with Crippen LogP contribution in [0.4, 0.5) is 18.9 Å². The van der Waals surface area contributed by atoms with Gasteiger partial charge in [-0.05, 0) is 73.3 Å². The van der Waals surface area contributed by atoms with Gasteiger partial charge in [0.15, 0.2) is 17.3 Å². The first kappa shape index (κ1) is 29.9. The Morgan fingerprint density at radius 2 is 1.84 bits per heavy atom. The van der Waals surface area contributed by atoms with E-state index in [0.717, 1.165) is 25.5 Å². The van der Waals surface area contributed by atoms with Gasteiger partial charge >= 0.3 is 6.36 Å². The molecule has 0 spiro atoms. The number of Topliss-reactive ketones (excluding diaryl/α,β-unsaturated/α-hetero) is 1. The molecule has 1 saturated heterocycles. The van der Waals surface area contributed by atoms with Crippen molar-refractivity contribution in [1.29, 1.82) is 0 Å². The highest BCUT2D eigenvalue weighted by atomic mass is 32.1. The summed E-state index contributed by atoms with van der Waals surface area (Å²) in [5.74, 6) is -1.27. The number of anilines is 1. The summed E-state index contributed by atoms with van der Waals surface area (Å²) in [5, 5.41) is 6.90. The Morgan fingerprint density at radius 1 is 1.11 bits per heavy atom. The van der Waals surface area contributed by atoms with Crippen LogP contribution in [0.3, 0.4) is 0 Å².